The van der Waals surface area contributed by atoms with Crippen LogP contribution in [0.5, 0.6) is 0 Å². The molecular formula is C20H22N2O5. The second kappa shape index (κ2) is 7.99. The van der Waals surface area contributed by atoms with E-state index in [0.29, 0.717) is 11.3 Å². The van der Waals surface area contributed by atoms with Gasteiger partial charge in [0.05, 0.1) is 10.5 Å². The van der Waals surface area contributed by atoms with E-state index in [0.717, 1.165) is 5.56 Å². The van der Waals surface area contributed by atoms with Crippen LogP contribution in [0.3, 0.4) is 0 Å². The Morgan fingerprint density at radius 1 is 1.11 bits per heavy atom. The maximum Gasteiger partial charge on any atom is 0.338 e. The fourth-order valence-electron chi connectivity index (χ4n) is 2.49. The number of nitrogens with one attached hydrogen (secondary N) is 1. The highest BCUT2D eigenvalue weighted by Gasteiger charge is 2.26. The van der Waals surface area contributed by atoms with Crippen LogP contribution in [-0.4, -0.2) is 23.4 Å². The van der Waals surface area contributed by atoms with Gasteiger partial charge in [-0.3, -0.25) is 14.9 Å². The lowest BCUT2D eigenvalue weighted by Crippen LogP contribution is -2.21. The Balaban J connectivity index is 2.05. The highest BCUT2D eigenvalue weighted by molar-refractivity contribution is 5.95. The summed E-state index contributed by atoms with van der Waals surface area (Å²) in [6, 6.07) is 11.4. The van der Waals surface area contributed by atoms with E-state index in [4.69, 9.17) is 4.74 Å². The van der Waals surface area contributed by atoms with Crippen molar-refractivity contribution in [2.24, 2.45) is 0 Å². The molecule has 0 aliphatic rings. The number of nitro benzene ring substituents is 1. The van der Waals surface area contributed by atoms with Gasteiger partial charge in [-0.2, -0.15) is 0 Å². The Hall–Kier alpha value is -3.22. The van der Waals surface area contributed by atoms with Gasteiger partial charge in [-0.25, -0.2) is 4.79 Å². The lowest BCUT2D eigenvalue weighted by Gasteiger charge is -2.19. The first-order chi connectivity index (χ1) is 12.6. The van der Waals surface area contributed by atoms with E-state index in [9.17, 15) is 19.7 Å². The normalized spacial score (nSPS) is 11.0. The van der Waals surface area contributed by atoms with Crippen LogP contribution in [0.4, 0.5) is 11.4 Å². The molecule has 0 spiro atoms. The van der Waals surface area contributed by atoms with Gasteiger partial charge in [0.2, 0.25) is 0 Å². The largest absolute Gasteiger partial charge is 0.452 e. The first-order valence-electron chi connectivity index (χ1n) is 8.40. The number of nitrogens with zero attached hydrogens (tertiary/aromatic N) is 1. The molecule has 1 amide bonds. The fourth-order valence-corrected chi connectivity index (χ4v) is 2.49. The summed E-state index contributed by atoms with van der Waals surface area (Å²) in [6.45, 7) is 6.99. The molecule has 0 saturated heterocycles. The fraction of sp³-hybridized carbons (Fsp3) is 0.300. The van der Waals surface area contributed by atoms with Gasteiger partial charge in [0, 0.05) is 17.3 Å². The summed E-state index contributed by atoms with van der Waals surface area (Å²) >= 11 is 0. The molecule has 0 aliphatic heterocycles. The highest BCUT2D eigenvalue weighted by atomic mass is 16.6. The number of aryl methyl sites for hydroxylation is 1. The lowest BCUT2D eigenvalue weighted by atomic mass is 9.85. The van der Waals surface area contributed by atoms with E-state index in [1.165, 1.54) is 12.1 Å². The second-order valence-corrected chi connectivity index (χ2v) is 7.23. The molecule has 27 heavy (non-hydrogen) atoms. The zero-order valence-corrected chi connectivity index (χ0v) is 15.7. The summed E-state index contributed by atoms with van der Waals surface area (Å²) in [5.41, 5.74) is 1.59. The van der Waals surface area contributed by atoms with Crippen LogP contribution in [0.1, 0.15) is 42.3 Å². The summed E-state index contributed by atoms with van der Waals surface area (Å²) in [4.78, 5) is 34.9. The summed E-state index contributed by atoms with van der Waals surface area (Å²) in [5.74, 6) is -1.29. The third kappa shape index (κ3) is 5.37. The van der Waals surface area contributed by atoms with Crippen molar-refractivity contribution in [3.8, 4) is 0 Å². The first-order valence-corrected chi connectivity index (χ1v) is 8.40. The highest BCUT2D eigenvalue weighted by Crippen LogP contribution is 2.31. The third-order valence-electron chi connectivity index (χ3n) is 3.91. The van der Waals surface area contributed by atoms with Gasteiger partial charge < -0.3 is 10.1 Å². The molecule has 7 heteroatoms. The number of benzene rings is 2. The first kappa shape index (κ1) is 20.1. The predicted octanol–water partition coefficient (Wildman–Crippen LogP) is 4.00. The molecule has 2 rings (SSSR count). The van der Waals surface area contributed by atoms with Gasteiger partial charge in [-0.05, 0) is 30.5 Å². The van der Waals surface area contributed by atoms with Gasteiger partial charge in [-0.1, -0.05) is 44.5 Å². The van der Waals surface area contributed by atoms with Crippen LogP contribution in [0.25, 0.3) is 0 Å². The molecule has 0 saturated carbocycles. The average Bonchev–Trinajstić information content (AvgIpc) is 2.60. The quantitative estimate of drug-likeness (QED) is 0.487. The summed E-state index contributed by atoms with van der Waals surface area (Å²) in [6.07, 6.45) is 0. The smallest absolute Gasteiger partial charge is 0.338 e. The molecule has 0 radical (unpaired) electrons. The summed E-state index contributed by atoms with van der Waals surface area (Å²) in [7, 11) is 0. The number of hydrogen-bond acceptors (Lipinski definition) is 5. The average molecular weight is 370 g/mol. The van der Waals surface area contributed by atoms with Crippen molar-refractivity contribution < 1.29 is 19.2 Å². The number of ether oxygens (including phenoxy) is 1. The van der Waals surface area contributed by atoms with Crippen LogP contribution < -0.4 is 5.32 Å². The summed E-state index contributed by atoms with van der Waals surface area (Å²) < 4.78 is 4.97. The van der Waals surface area contributed by atoms with Crippen LogP contribution >= 0.6 is 0 Å². The van der Waals surface area contributed by atoms with Crippen molar-refractivity contribution in [3.63, 3.8) is 0 Å². The molecule has 7 nitrogen and oxygen atoms in total. The number of carbonyl (C=O) groups is 2. The topological polar surface area (TPSA) is 98.5 Å². The van der Waals surface area contributed by atoms with Crippen molar-refractivity contribution in [2.45, 2.75) is 33.1 Å². The molecule has 0 bridgehead atoms. The molecule has 0 atom stereocenters. The SMILES string of the molecule is Cc1ccc(NC(=O)COC(=O)c2ccc(C(C)(C)C)c([N+](=O)[O-])c2)cc1. The van der Waals surface area contributed by atoms with Crippen LogP contribution in [0.15, 0.2) is 42.5 Å². The minimum atomic E-state index is -0.794. The van der Waals surface area contributed by atoms with Crippen LogP contribution in [-0.2, 0) is 14.9 Å². The molecule has 2 aromatic rings. The number of esters is 1. The number of carbonyl (C=O) groups excluding carboxylic acids is 2. The second-order valence-electron chi connectivity index (χ2n) is 7.23. The molecule has 0 aromatic heterocycles. The van der Waals surface area contributed by atoms with Gasteiger partial charge in [0.15, 0.2) is 6.61 Å². The van der Waals surface area contributed by atoms with E-state index in [1.54, 1.807) is 18.2 Å². The Morgan fingerprint density at radius 2 is 1.74 bits per heavy atom. The molecule has 142 valence electrons. The molecule has 1 N–H and O–H groups in total. The minimum Gasteiger partial charge on any atom is -0.452 e. The minimum absolute atomic E-state index is 0.0258. The van der Waals surface area contributed by atoms with Crippen LogP contribution in [0, 0.1) is 17.0 Å². The number of amides is 1. The number of rotatable bonds is 5. The van der Waals surface area contributed by atoms with E-state index >= 15 is 0 Å². The molecular weight excluding hydrogens is 348 g/mol. The molecule has 2 aromatic carbocycles. The number of hydrogen-bond donors (Lipinski definition) is 1. The zero-order chi connectivity index (χ0) is 20.2. The van der Waals surface area contributed by atoms with Crippen LogP contribution in [0.2, 0.25) is 0 Å². The molecule has 0 aliphatic carbocycles. The molecule has 0 fully saturated rings. The Kier molecular flexibility index (Phi) is 5.95. The molecule has 0 heterocycles. The zero-order valence-electron chi connectivity index (χ0n) is 15.7. The monoisotopic (exact) mass is 370 g/mol. The molecule has 0 unspecified atom stereocenters. The third-order valence-corrected chi connectivity index (χ3v) is 3.91. The predicted molar refractivity (Wildman–Crippen MR) is 102 cm³/mol. The van der Waals surface area contributed by atoms with Gasteiger partial charge in [0.1, 0.15) is 0 Å². The number of anilines is 1. The lowest BCUT2D eigenvalue weighted by molar-refractivity contribution is -0.386. The Morgan fingerprint density at radius 3 is 2.30 bits per heavy atom. The van der Waals surface area contributed by atoms with Crippen molar-refractivity contribution in [1.29, 1.82) is 0 Å². The van der Waals surface area contributed by atoms with Crippen molar-refractivity contribution in [1.82, 2.24) is 0 Å². The van der Waals surface area contributed by atoms with Crippen molar-refractivity contribution in [2.75, 3.05) is 11.9 Å². The maximum atomic E-state index is 12.2. The van der Waals surface area contributed by atoms with E-state index in [2.05, 4.69) is 5.32 Å². The maximum absolute atomic E-state index is 12.2. The Labute approximate surface area is 157 Å². The summed E-state index contributed by atoms with van der Waals surface area (Å²) in [5, 5.41) is 13.9. The van der Waals surface area contributed by atoms with E-state index in [1.807, 2.05) is 39.8 Å². The van der Waals surface area contributed by atoms with Gasteiger partial charge >= 0.3 is 5.97 Å². The van der Waals surface area contributed by atoms with E-state index < -0.39 is 28.8 Å². The van der Waals surface area contributed by atoms with E-state index in [-0.39, 0.29) is 11.3 Å². The van der Waals surface area contributed by atoms with Crippen molar-refractivity contribution in [3.05, 3.63) is 69.3 Å². The van der Waals surface area contributed by atoms with Crippen molar-refractivity contribution >= 4 is 23.3 Å². The van der Waals surface area contributed by atoms with Gasteiger partial charge in [-0.15, -0.1) is 0 Å². The standard InChI is InChI=1S/C20H22N2O5/c1-13-5-8-15(9-6-13)21-18(23)12-27-19(24)14-7-10-16(20(2,3)4)17(11-14)22(25)26/h5-11H,12H2,1-4H3,(H,21,23). The number of nitro groups is 1. The Bertz CT molecular complexity index is 867. The van der Waals surface area contributed by atoms with Gasteiger partial charge in [0.25, 0.3) is 11.6 Å².